The average molecular weight is 399 g/mol. The SMILES string of the molecule is CCC(NC(=O)c1ccc(Cl)cc1)C1C2CC(NC(=O)c3cccnn3)CC21. The number of halogens is 1. The van der Waals surface area contributed by atoms with Crippen LogP contribution < -0.4 is 10.6 Å². The molecule has 7 heteroatoms. The van der Waals surface area contributed by atoms with Crippen molar-refractivity contribution in [1.29, 1.82) is 0 Å². The molecule has 2 fully saturated rings. The maximum absolute atomic E-state index is 12.5. The number of hydrogen-bond donors (Lipinski definition) is 2. The van der Waals surface area contributed by atoms with Crippen molar-refractivity contribution in [3.05, 3.63) is 58.9 Å². The van der Waals surface area contributed by atoms with E-state index in [1.165, 1.54) is 0 Å². The lowest BCUT2D eigenvalue weighted by Crippen LogP contribution is -2.39. The van der Waals surface area contributed by atoms with Crippen LogP contribution in [0.3, 0.4) is 0 Å². The van der Waals surface area contributed by atoms with Crippen LogP contribution in [0.5, 0.6) is 0 Å². The van der Waals surface area contributed by atoms with Gasteiger partial charge in [-0.05, 0) is 73.4 Å². The Kier molecular flexibility index (Phi) is 5.31. The molecule has 0 bridgehead atoms. The van der Waals surface area contributed by atoms with Crippen LogP contribution in [-0.2, 0) is 0 Å². The second kappa shape index (κ2) is 7.87. The first-order valence-corrected chi connectivity index (χ1v) is 10.1. The number of fused-ring (bicyclic) bond motifs is 1. The largest absolute Gasteiger partial charge is 0.349 e. The summed E-state index contributed by atoms with van der Waals surface area (Å²) in [5.74, 6) is 1.39. The topological polar surface area (TPSA) is 84.0 Å². The Labute approximate surface area is 169 Å². The molecule has 28 heavy (non-hydrogen) atoms. The normalized spacial score (nSPS) is 26.2. The van der Waals surface area contributed by atoms with Crippen molar-refractivity contribution in [2.45, 2.75) is 38.3 Å². The zero-order valence-electron chi connectivity index (χ0n) is 15.6. The highest BCUT2D eigenvalue weighted by molar-refractivity contribution is 6.30. The van der Waals surface area contributed by atoms with Gasteiger partial charge in [0.05, 0.1) is 0 Å². The number of carbonyl (C=O) groups excluding carboxylic acids is 2. The Hall–Kier alpha value is -2.47. The Morgan fingerprint density at radius 2 is 1.86 bits per heavy atom. The van der Waals surface area contributed by atoms with Crippen LogP contribution in [0.4, 0.5) is 0 Å². The van der Waals surface area contributed by atoms with Crippen molar-refractivity contribution < 1.29 is 9.59 Å². The predicted octanol–water partition coefficient (Wildman–Crippen LogP) is 3.09. The number of nitrogens with zero attached hydrogens (tertiary/aromatic N) is 2. The highest BCUT2D eigenvalue weighted by Gasteiger charge is 2.58. The molecule has 6 nitrogen and oxygen atoms in total. The summed E-state index contributed by atoms with van der Waals surface area (Å²) < 4.78 is 0. The standard InChI is InChI=1S/C21H23ClN4O2/c1-2-17(25-20(27)12-5-7-13(22)8-6-12)19-15-10-14(11-16(15)19)24-21(28)18-4-3-9-23-26-18/h3-9,14-17,19H,2,10-11H2,1H3,(H,24,28)(H,25,27). The predicted molar refractivity (Wildman–Crippen MR) is 106 cm³/mol. The van der Waals surface area contributed by atoms with Gasteiger partial charge in [-0.3, -0.25) is 9.59 Å². The molecule has 3 unspecified atom stereocenters. The van der Waals surface area contributed by atoms with E-state index in [1.54, 1.807) is 42.6 Å². The molecule has 0 radical (unpaired) electrons. The molecule has 0 spiro atoms. The van der Waals surface area contributed by atoms with Crippen molar-refractivity contribution in [3.8, 4) is 0 Å². The first-order valence-electron chi connectivity index (χ1n) is 9.71. The van der Waals surface area contributed by atoms with Gasteiger partial charge in [-0.25, -0.2) is 0 Å². The fourth-order valence-electron chi connectivity index (χ4n) is 4.61. The lowest BCUT2D eigenvalue weighted by molar-refractivity contribution is 0.0926. The Morgan fingerprint density at radius 3 is 2.46 bits per heavy atom. The van der Waals surface area contributed by atoms with Gasteiger partial charge in [-0.2, -0.15) is 5.10 Å². The number of hydrogen-bond acceptors (Lipinski definition) is 4. The van der Waals surface area contributed by atoms with Crippen LogP contribution in [0, 0.1) is 17.8 Å². The molecule has 1 heterocycles. The van der Waals surface area contributed by atoms with E-state index >= 15 is 0 Å². The summed E-state index contributed by atoms with van der Waals surface area (Å²) in [7, 11) is 0. The van der Waals surface area contributed by atoms with E-state index in [9.17, 15) is 9.59 Å². The quantitative estimate of drug-likeness (QED) is 0.783. The fourth-order valence-corrected chi connectivity index (χ4v) is 4.74. The van der Waals surface area contributed by atoms with Gasteiger partial charge in [0.15, 0.2) is 5.69 Å². The molecule has 2 aliphatic carbocycles. The molecule has 0 saturated heterocycles. The number of rotatable bonds is 6. The maximum Gasteiger partial charge on any atom is 0.272 e. The lowest BCUT2D eigenvalue weighted by atomic mass is 9.99. The molecule has 146 valence electrons. The first-order chi connectivity index (χ1) is 13.6. The number of aromatic nitrogens is 2. The third-order valence-corrected chi connectivity index (χ3v) is 6.23. The lowest BCUT2D eigenvalue weighted by Gasteiger charge is -2.22. The molecule has 0 aliphatic heterocycles. The van der Waals surface area contributed by atoms with Gasteiger partial charge < -0.3 is 10.6 Å². The van der Waals surface area contributed by atoms with Crippen molar-refractivity contribution in [3.63, 3.8) is 0 Å². The van der Waals surface area contributed by atoms with E-state index in [1.807, 2.05) is 0 Å². The fraction of sp³-hybridized carbons (Fsp3) is 0.429. The van der Waals surface area contributed by atoms with Gasteiger partial charge in [-0.15, -0.1) is 5.10 Å². The van der Waals surface area contributed by atoms with Crippen LogP contribution in [0.1, 0.15) is 47.0 Å². The minimum Gasteiger partial charge on any atom is -0.349 e. The van der Waals surface area contributed by atoms with E-state index < -0.39 is 0 Å². The second-order valence-corrected chi connectivity index (χ2v) is 8.09. The molecule has 2 aliphatic rings. The van der Waals surface area contributed by atoms with Crippen LogP contribution in [0.25, 0.3) is 0 Å². The van der Waals surface area contributed by atoms with Crippen molar-refractivity contribution >= 4 is 23.4 Å². The summed E-state index contributed by atoms with van der Waals surface area (Å²) in [5, 5.41) is 14.5. The van der Waals surface area contributed by atoms with Gasteiger partial charge in [0.1, 0.15) is 0 Å². The monoisotopic (exact) mass is 398 g/mol. The molecule has 1 aromatic carbocycles. The van der Waals surface area contributed by atoms with Gasteiger partial charge >= 0.3 is 0 Å². The Balaban J connectivity index is 1.30. The second-order valence-electron chi connectivity index (χ2n) is 7.65. The third kappa shape index (κ3) is 3.87. The van der Waals surface area contributed by atoms with Gasteiger partial charge in [0, 0.05) is 28.9 Å². The molecule has 2 N–H and O–H groups in total. The summed E-state index contributed by atoms with van der Waals surface area (Å²) in [6.07, 6.45) is 4.35. The summed E-state index contributed by atoms with van der Waals surface area (Å²) >= 11 is 5.89. The van der Waals surface area contributed by atoms with Crippen LogP contribution in [0.2, 0.25) is 5.02 Å². The van der Waals surface area contributed by atoms with Crippen LogP contribution >= 0.6 is 11.6 Å². The molecular weight excluding hydrogens is 376 g/mol. The zero-order valence-corrected chi connectivity index (χ0v) is 16.4. The van der Waals surface area contributed by atoms with Crippen molar-refractivity contribution in [1.82, 2.24) is 20.8 Å². The summed E-state index contributed by atoms with van der Waals surface area (Å²) in [4.78, 5) is 24.8. The molecular formula is C21H23ClN4O2. The molecule has 4 rings (SSSR count). The van der Waals surface area contributed by atoms with Crippen molar-refractivity contribution in [2.24, 2.45) is 17.8 Å². The molecule has 2 saturated carbocycles. The van der Waals surface area contributed by atoms with Crippen LogP contribution in [0.15, 0.2) is 42.6 Å². The Morgan fingerprint density at radius 1 is 1.14 bits per heavy atom. The minimum absolute atomic E-state index is 0.0546. The van der Waals surface area contributed by atoms with E-state index in [2.05, 4.69) is 27.8 Å². The number of nitrogens with one attached hydrogen (secondary N) is 2. The zero-order chi connectivity index (χ0) is 19.7. The highest BCUT2D eigenvalue weighted by atomic mass is 35.5. The summed E-state index contributed by atoms with van der Waals surface area (Å²) in [6, 6.07) is 10.7. The summed E-state index contributed by atoms with van der Waals surface area (Å²) in [6.45, 7) is 2.11. The molecule has 2 amide bonds. The number of carbonyl (C=O) groups is 2. The number of amides is 2. The van der Waals surface area contributed by atoms with Crippen LogP contribution in [-0.4, -0.2) is 34.1 Å². The average Bonchev–Trinajstić information content (AvgIpc) is 3.20. The molecule has 2 aromatic rings. The van der Waals surface area contributed by atoms with Gasteiger partial charge in [-0.1, -0.05) is 18.5 Å². The van der Waals surface area contributed by atoms with E-state index in [-0.39, 0.29) is 23.9 Å². The highest BCUT2D eigenvalue weighted by Crippen LogP contribution is 2.59. The first kappa shape index (κ1) is 18.9. The third-order valence-electron chi connectivity index (χ3n) is 5.98. The Bertz CT molecular complexity index is 846. The van der Waals surface area contributed by atoms with Crippen molar-refractivity contribution in [2.75, 3.05) is 0 Å². The summed E-state index contributed by atoms with van der Waals surface area (Å²) in [5.41, 5.74) is 0.976. The maximum atomic E-state index is 12.5. The van der Waals surface area contributed by atoms with E-state index in [0.29, 0.717) is 34.0 Å². The smallest absolute Gasteiger partial charge is 0.272 e. The van der Waals surface area contributed by atoms with E-state index in [4.69, 9.17) is 11.6 Å². The van der Waals surface area contributed by atoms with Gasteiger partial charge in [0.2, 0.25) is 0 Å². The molecule has 3 atom stereocenters. The molecule has 1 aromatic heterocycles. The van der Waals surface area contributed by atoms with E-state index in [0.717, 1.165) is 19.3 Å². The minimum atomic E-state index is -0.168. The number of benzene rings is 1. The van der Waals surface area contributed by atoms with Gasteiger partial charge in [0.25, 0.3) is 11.8 Å².